The smallest absolute Gasteiger partial charge is 0.206 e. The molecule has 1 rings (SSSR count). The van der Waals surface area contributed by atoms with E-state index in [9.17, 15) is 17.6 Å². The molecule has 0 heterocycles. The van der Waals surface area contributed by atoms with Crippen LogP contribution >= 0.6 is 0 Å². The predicted octanol–water partition coefficient (Wildman–Crippen LogP) is 3.76. The summed E-state index contributed by atoms with van der Waals surface area (Å²) < 4.78 is 49.5. The molecule has 0 spiro atoms. The average molecular weight is 194 g/mol. The van der Waals surface area contributed by atoms with E-state index in [1.165, 1.54) is 6.92 Å². The summed E-state index contributed by atoms with van der Waals surface area (Å²) in [4.78, 5) is 0. The van der Waals surface area contributed by atoms with Gasteiger partial charge in [-0.15, -0.1) is 0 Å². The van der Waals surface area contributed by atoms with E-state index in [0.29, 0.717) is 0 Å². The second-order valence-corrected chi connectivity index (χ2v) is 3.25. The van der Waals surface area contributed by atoms with Gasteiger partial charge in [-0.1, -0.05) is 13.0 Å². The Hall–Kier alpha value is -0.800. The maximum Gasteiger partial charge on any atom is 0.418 e. The molecule has 0 fully saturated rings. The molecule has 0 aromatic rings. The Morgan fingerprint density at radius 3 is 2.38 bits per heavy atom. The molecule has 1 aliphatic carbocycles. The van der Waals surface area contributed by atoms with E-state index in [-0.39, 0.29) is 17.9 Å². The molecule has 0 nitrogen and oxygen atoms in total. The summed E-state index contributed by atoms with van der Waals surface area (Å²) in [5, 5.41) is 0. The zero-order valence-corrected chi connectivity index (χ0v) is 7.37. The van der Waals surface area contributed by atoms with Crippen molar-refractivity contribution in [3.63, 3.8) is 0 Å². The van der Waals surface area contributed by atoms with Crippen LogP contribution in [0.4, 0.5) is 17.6 Å². The van der Waals surface area contributed by atoms with Crippen LogP contribution in [-0.2, 0) is 0 Å². The van der Waals surface area contributed by atoms with Gasteiger partial charge in [0.25, 0.3) is 0 Å². The van der Waals surface area contributed by atoms with Crippen LogP contribution in [0.5, 0.6) is 0 Å². The third-order valence-electron chi connectivity index (χ3n) is 2.30. The molecule has 0 bridgehead atoms. The van der Waals surface area contributed by atoms with E-state index in [0.717, 1.165) is 6.08 Å². The highest BCUT2D eigenvalue weighted by Gasteiger charge is 2.39. The third-order valence-corrected chi connectivity index (χ3v) is 2.30. The van der Waals surface area contributed by atoms with Gasteiger partial charge in [-0.05, 0) is 24.8 Å². The number of allylic oxidation sites excluding steroid dienone is 4. The van der Waals surface area contributed by atoms with Gasteiger partial charge in [0, 0.05) is 0 Å². The summed E-state index contributed by atoms with van der Waals surface area (Å²) in [5.41, 5.74) is -0.932. The van der Waals surface area contributed by atoms with Crippen molar-refractivity contribution in [1.82, 2.24) is 0 Å². The number of hydrogen-bond acceptors (Lipinski definition) is 0. The van der Waals surface area contributed by atoms with E-state index in [2.05, 4.69) is 0 Å². The summed E-state index contributed by atoms with van der Waals surface area (Å²) in [6.07, 6.45) is -3.38. The topological polar surface area (TPSA) is 0 Å². The normalized spacial score (nSPS) is 24.8. The lowest BCUT2D eigenvalue weighted by Gasteiger charge is -2.20. The fraction of sp³-hybridized carbons (Fsp3) is 0.556. The maximum atomic E-state index is 13.1. The van der Waals surface area contributed by atoms with Crippen LogP contribution in [0.2, 0.25) is 0 Å². The summed E-state index contributed by atoms with van der Waals surface area (Å²) in [5.74, 6) is -1.24. The number of halogens is 4. The van der Waals surface area contributed by atoms with Gasteiger partial charge in [0.1, 0.15) is 5.83 Å². The van der Waals surface area contributed by atoms with Crippen molar-refractivity contribution in [3.05, 3.63) is 23.0 Å². The molecule has 0 saturated carbocycles. The second-order valence-electron chi connectivity index (χ2n) is 3.25. The summed E-state index contributed by atoms with van der Waals surface area (Å²) in [7, 11) is 0. The first-order chi connectivity index (χ1) is 5.84. The van der Waals surface area contributed by atoms with Gasteiger partial charge in [-0.25, -0.2) is 4.39 Å². The molecule has 74 valence electrons. The first kappa shape index (κ1) is 10.3. The van der Waals surface area contributed by atoms with Gasteiger partial charge in [-0.2, -0.15) is 13.2 Å². The number of rotatable bonds is 0. The van der Waals surface area contributed by atoms with Crippen molar-refractivity contribution in [1.29, 1.82) is 0 Å². The van der Waals surface area contributed by atoms with Crippen molar-refractivity contribution in [2.24, 2.45) is 5.92 Å². The van der Waals surface area contributed by atoms with Crippen molar-refractivity contribution in [2.45, 2.75) is 26.4 Å². The molecule has 0 radical (unpaired) electrons. The highest BCUT2D eigenvalue weighted by molar-refractivity contribution is 5.37. The van der Waals surface area contributed by atoms with Gasteiger partial charge in [0.2, 0.25) is 0 Å². The molecule has 1 unspecified atom stereocenters. The van der Waals surface area contributed by atoms with E-state index >= 15 is 0 Å². The number of hydrogen-bond donors (Lipinski definition) is 0. The van der Waals surface area contributed by atoms with Gasteiger partial charge < -0.3 is 0 Å². The van der Waals surface area contributed by atoms with E-state index in [4.69, 9.17) is 0 Å². The fourth-order valence-corrected chi connectivity index (χ4v) is 1.23. The zero-order valence-electron chi connectivity index (χ0n) is 7.37. The van der Waals surface area contributed by atoms with Crippen molar-refractivity contribution < 1.29 is 17.6 Å². The minimum absolute atomic E-state index is 0.133. The van der Waals surface area contributed by atoms with E-state index in [1.807, 2.05) is 0 Å². The largest absolute Gasteiger partial charge is 0.418 e. The van der Waals surface area contributed by atoms with Crippen LogP contribution in [-0.4, -0.2) is 6.18 Å². The molecule has 4 heteroatoms. The second kappa shape index (κ2) is 3.16. The molecule has 0 saturated heterocycles. The summed E-state index contributed by atoms with van der Waals surface area (Å²) in [6.45, 7) is 3.11. The van der Waals surface area contributed by atoms with Crippen molar-refractivity contribution >= 4 is 0 Å². The van der Waals surface area contributed by atoms with E-state index in [1.54, 1.807) is 6.92 Å². The standard InChI is InChI=1S/C9H10F4/c1-5-3-4-7(9(11,12)13)8(10)6(5)2/h4-5H,3H2,1-2H3. The Labute approximate surface area is 73.9 Å². The molecule has 0 N–H and O–H groups in total. The fourth-order valence-electron chi connectivity index (χ4n) is 1.23. The minimum Gasteiger partial charge on any atom is -0.206 e. The van der Waals surface area contributed by atoms with Crippen LogP contribution < -0.4 is 0 Å². The summed E-state index contributed by atoms with van der Waals surface area (Å²) >= 11 is 0. The highest BCUT2D eigenvalue weighted by Crippen LogP contribution is 2.39. The molecule has 0 amide bonds. The third kappa shape index (κ3) is 1.92. The van der Waals surface area contributed by atoms with Gasteiger partial charge in [-0.3, -0.25) is 0 Å². The molecular weight excluding hydrogens is 184 g/mol. The maximum absolute atomic E-state index is 13.1. The monoisotopic (exact) mass is 194 g/mol. The van der Waals surface area contributed by atoms with Crippen molar-refractivity contribution in [3.8, 4) is 0 Å². The zero-order chi connectivity index (χ0) is 10.2. The average Bonchev–Trinajstić information content (AvgIpc) is 1.98. The van der Waals surface area contributed by atoms with Crippen LogP contribution in [0.25, 0.3) is 0 Å². The minimum atomic E-state index is -4.56. The molecule has 13 heavy (non-hydrogen) atoms. The lowest BCUT2D eigenvalue weighted by molar-refractivity contribution is -0.0918. The molecule has 1 atom stereocenters. The Morgan fingerprint density at radius 2 is 1.92 bits per heavy atom. The van der Waals surface area contributed by atoms with Crippen LogP contribution in [0.15, 0.2) is 23.0 Å². The summed E-state index contributed by atoms with van der Waals surface area (Å²) in [6, 6.07) is 0. The van der Waals surface area contributed by atoms with E-state index < -0.39 is 17.6 Å². The highest BCUT2D eigenvalue weighted by atomic mass is 19.4. The first-order valence-electron chi connectivity index (χ1n) is 3.98. The quantitative estimate of drug-likeness (QED) is 0.515. The predicted molar refractivity (Wildman–Crippen MR) is 41.7 cm³/mol. The Bertz CT molecular complexity index is 270. The molecule has 0 aliphatic heterocycles. The van der Waals surface area contributed by atoms with Gasteiger partial charge >= 0.3 is 6.18 Å². The molecule has 0 aromatic carbocycles. The Kier molecular flexibility index (Phi) is 2.50. The first-order valence-corrected chi connectivity index (χ1v) is 3.98. The molecule has 0 aromatic heterocycles. The number of alkyl halides is 3. The SMILES string of the molecule is CC1=C(F)C(C(F)(F)F)=CCC1C. The molecular formula is C9H10F4. The lowest BCUT2D eigenvalue weighted by atomic mass is 9.90. The van der Waals surface area contributed by atoms with Crippen LogP contribution in [0.1, 0.15) is 20.3 Å². The lowest BCUT2D eigenvalue weighted by Crippen LogP contribution is -2.17. The Morgan fingerprint density at radius 1 is 1.38 bits per heavy atom. The molecule has 1 aliphatic rings. The van der Waals surface area contributed by atoms with Gasteiger partial charge in [0.05, 0.1) is 5.57 Å². The van der Waals surface area contributed by atoms with Gasteiger partial charge in [0.15, 0.2) is 0 Å². The van der Waals surface area contributed by atoms with Crippen LogP contribution in [0.3, 0.4) is 0 Å². The van der Waals surface area contributed by atoms with Crippen LogP contribution in [0, 0.1) is 5.92 Å². The Balaban J connectivity index is 3.05. The van der Waals surface area contributed by atoms with Crippen molar-refractivity contribution in [2.75, 3.05) is 0 Å².